The molecule has 0 amide bonds. The molecule has 0 fully saturated rings. The Morgan fingerprint density at radius 2 is 1.20 bits per heavy atom. The monoisotopic (exact) mass is 490 g/mol. The van der Waals surface area contributed by atoms with E-state index in [9.17, 15) is 0 Å². The zero-order valence-corrected chi connectivity index (χ0v) is 20.5. The zero-order valence-electron chi connectivity index (χ0n) is 18.8. The lowest BCUT2D eigenvalue weighted by atomic mass is 9.67. The third-order valence-corrected chi connectivity index (χ3v) is 8.39. The Labute approximate surface area is 212 Å². The van der Waals surface area contributed by atoms with Gasteiger partial charge in [0, 0.05) is 5.75 Å². The van der Waals surface area contributed by atoms with Gasteiger partial charge in [-0.3, -0.25) is 0 Å². The van der Waals surface area contributed by atoms with E-state index in [2.05, 4.69) is 120 Å². The van der Waals surface area contributed by atoms with Crippen LogP contribution in [-0.4, -0.2) is 20.4 Å². The molecule has 0 saturated carbocycles. The first-order valence-corrected chi connectivity index (χ1v) is 13.2. The summed E-state index contributed by atoms with van der Waals surface area (Å²) >= 11 is 3.42. The number of aromatic nitrogens is 4. The molecule has 0 saturated heterocycles. The van der Waals surface area contributed by atoms with Crippen LogP contribution >= 0.6 is 23.1 Å². The van der Waals surface area contributed by atoms with Crippen molar-refractivity contribution in [1.29, 1.82) is 0 Å². The summed E-state index contributed by atoms with van der Waals surface area (Å²) in [5.41, 5.74) is 5.71. The van der Waals surface area contributed by atoms with Crippen molar-refractivity contribution < 1.29 is 0 Å². The van der Waals surface area contributed by atoms with Crippen LogP contribution in [0.3, 0.4) is 0 Å². The standard InChI is InChI=1S/C29H22N4S2/c1-4-12-21(13-5-1)29(22-14-6-2-7-15-22,23-16-8-3-9-17-23)27-25(31-33-32-27)20-34-28-30-24-18-10-11-19-26(24)35-28/h1-19H,20H2,(H,31,32,33). The van der Waals surface area contributed by atoms with Crippen LogP contribution in [0.1, 0.15) is 28.1 Å². The van der Waals surface area contributed by atoms with Gasteiger partial charge in [0.2, 0.25) is 0 Å². The smallest absolute Gasteiger partial charge is 0.151 e. The predicted molar refractivity (Wildman–Crippen MR) is 144 cm³/mol. The van der Waals surface area contributed by atoms with Gasteiger partial charge in [0.05, 0.1) is 21.3 Å². The molecule has 6 rings (SSSR count). The minimum absolute atomic E-state index is 0.611. The number of nitrogens with one attached hydrogen (secondary N) is 1. The quantitative estimate of drug-likeness (QED) is 0.192. The van der Waals surface area contributed by atoms with Crippen LogP contribution in [-0.2, 0) is 11.2 Å². The van der Waals surface area contributed by atoms with Crippen LogP contribution in [0.25, 0.3) is 10.2 Å². The van der Waals surface area contributed by atoms with Crippen LogP contribution in [0.4, 0.5) is 0 Å². The van der Waals surface area contributed by atoms with Gasteiger partial charge >= 0.3 is 0 Å². The van der Waals surface area contributed by atoms with Crippen molar-refractivity contribution in [2.24, 2.45) is 0 Å². The molecule has 0 bridgehead atoms. The number of hydrogen-bond donors (Lipinski definition) is 1. The molecule has 0 spiro atoms. The van der Waals surface area contributed by atoms with Crippen LogP contribution < -0.4 is 0 Å². The van der Waals surface area contributed by atoms with Crippen LogP contribution in [0.2, 0.25) is 0 Å². The Morgan fingerprint density at radius 1 is 0.657 bits per heavy atom. The zero-order chi connectivity index (χ0) is 23.5. The Morgan fingerprint density at radius 3 is 1.77 bits per heavy atom. The number of aromatic amines is 1. The van der Waals surface area contributed by atoms with E-state index in [1.807, 2.05) is 6.07 Å². The second-order valence-electron chi connectivity index (χ2n) is 8.20. The van der Waals surface area contributed by atoms with E-state index in [0.717, 1.165) is 37.9 Å². The van der Waals surface area contributed by atoms with E-state index in [4.69, 9.17) is 10.1 Å². The highest BCUT2D eigenvalue weighted by molar-refractivity contribution is 8.00. The lowest BCUT2D eigenvalue weighted by Gasteiger charge is -2.35. The van der Waals surface area contributed by atoms with Gasteiger partial charge in [-0.15, -0.1) is 11.3 Å². The number of hydrogen-bond acceptors (Lipinski definition) is 5. The van der Waals surface area contributed by atoms with Crippen molar-refractivity contribution in [2.45, 2.75) is 15.5 Å². The number of benzene rings is 4. The number of thiazole rings is 1. The van der Waals surface area contributed by atoms with Gasteiger partial charge in [-0.1, -0.05) is 115 Å². The predicted octanol–water partition coefficient (Wildman–Crippen LogP) is 7.09. The molecule has 6 aromatic rings. The molecule has 0 aliphatic rings. The number of fused-ring (bicyclic) bond motifs is 1. The lowest BCUT2D eigenvalue weighted by molar-refractivity contribution is 0.702. The van der Waals surface area contributed by atoms with Crippen LogP contribution in [0.15, 0.2) is 120 Å². The molecule has 2 aromatic heterocycles. The highest BCUT2D eigenvalue weighted by Gasteiger charge is 2.42. The van der Waals surface area contributed by atoms with E-state index in [-0.39, 0.29) is 0 Å². The average Bonchev–Trinajstić information content (AvgIpc) is 3.57. The Bertz CT molecular complexity index is 1410. The fourth-order valence-corrected chi connectivity index (χ4v) is 6.67. The Kier molecular flexibility index (Phi) is 5.90. The second-order valence-corrected chi connectivity index (χ2v) is 10.5. The summed E-state index contributed by atoms with van der Waals surface area (Å²) in [6, 6.07) is 40.0. The second kappa shape index (κ2) is 9.49. The van der Waals surface area contributed by atoms with Gasteiger partial charge in [-0.25, -0.2) is 4.98 Å². The summed E-state index contributed by atoms with van der Waals surface area (Å²) in [7, 11) is 0. The minimum Gasteiger partial charge on any atom is -0.230 e. The Balaban J connectivity index is 1.50. The maximum absolute atomic E-state index is 4.81. The molecule has 0 aliphatic heterocycles. The van der Waals surface area contributed by atoms with E-state index >= 15 is 0 Å². The van der Waals surface area contributed by atoms with Crippen molar-refractivity contribution in [3.63, 3.8) is 0 Å². The fraction of sp³-hybridized carbons (Fsp3) is 0.0690. The van der Waals surface area contributed by atoms with E-state index in [1.54, 1.807) is 23.1 Å². The molecule has 0 atom stereocenters. The highest BCUT2D eigenvalue weighted by Crippen LogP contribution is 2.45. The molecule has 2 heterocycles. The van der Waals surface area contributed by atoms with Crippen LogP contribution in [0, 0.1) is 0 Å². The number of H-pyrrole nitrogens is 1. The van der Waals surface area contributed by atoms with E-state index in [1.165, 1.54) is 4.70 Å². The molecule has 4 aromatic carbocycles. The first-order chi connectivity index (χ1) is 17.4. The van der Waals surface area contributed by atoms with Crippen molar-refractivity contribution in [3.05, 3.63) is 143 Å². The largest absolute Gasteiger partial charge is 0.230 e. The summed E-state index contributed by atoms with van der Waals surface area (Å²) < 4.78 is 2.23. The molecule has 1 N–H and O–H groups in total. The molecular weight excluding hydrogens is 468 g/mol. The van der Waals surface area contributed by atoms with Crippen molar-refractivity contribution in [3.8, 4) is 0 Å². The van der Waals surface area contributed by atoms with E-state index < -0.39 is 5.41 Å². The first-order valence-electron chi connectivity index (χ1n) is 11.4. The highest BCUT2D eigenvalue weighted by atomic mass is 32.2. The Hall–Kier alpha value is -3.74. The number of thioether (sulfide) groups is 1. The van der Waals surface area contributed by atoms with Gasteiger partial charge in [-0.2, -0.15) is 15.4 Å². The summed E-state index contributed by atoms with van der Waals surface area (Å²) in [5.74, 6) is 0.667. The number of nitrogens with zero attached hydrogens (tertiary/aromatic N) is 3. The maximum atomic E-state index is 4.81. The molecule has 0 radical (unpaired) electrons. The normalized spacial score (nSPS) is 11.7. The molecule has 4 nitrogen and oxygen atoms in total. The molecule has 35 heavy (non-hydrogen) atoms. The maximum Gasteiger partial charge on any atom is 0.151 e. The molecule has 0 aliphatic carbocycles. The SMILES string of the molecule is c1ccc(C(c2ccccc2)(c2ccccc2)c2n[nH]nc2CSc2nc3ccccc3s2)cc1. The van der Waals surface area contributed by atoms with E-state index in [0.29, 0.717) is 5.75 Å². The molecular formula is C29H22N4S2. The first kappa shape index (κ1) is 21.8. The fourth-order valence-electron chi connectivity index (χ4n) is 4.67. The third kappa shape index (κ3) is 3.95. The van der Waals surface area contributed by atoms with Crippen LogP contribution in [0.5, 0.6) is 0 Å². The topological polar surface area (TPSA) is 54.5 Å². The lowest BCUT2D eigenvalue weighted by Crippen LogP contribution is -2.32. The van der Waals surface area contributed by atoms with Gasteiger partial charge in [-0.05, 0) is 28.8 Å². The van der Waals surface area contributed by atoms with Gasteiger partial charge in [0.25, 0.3) is 0 Å². The van der Waals surface area contributed by atoms with Crippen molar-refractivity contribution in [2.75, 3.05) is 0 Å². The number of para-hydroxylation sites is 1. The molecule has 170 valence electrons. The summed E-state index contributed by atoms with van der Waals surface area (Å²) in [5, 5.41) is 12.4. The van der Waals surface area contributed by atoms with Gasteiger partial charge in [0.1, 0.15) is 5.69 Å². The van der Waals surface area contributed by atoms with Gasteiger partial charge < -0.3 is 0 Å². The van der Waals surface area contributed by atoms with Crippen molar-refractivity contribution in [1.82, 2.24) is 20.4 Å². The summed E-state index contributed by atoms with van der Waals surface area (Å²) in [6.07, 6.45) is 0. The van der Waals surface area contributed by atoms with Gasteiger partial charge in [0.15, 0.2) is 4.34 Å². The molecule has 6 heteroatoms. The number of rotatable bonds is 7. The third-order valence-electron chi connectivity index (χ3n) is 6.20. The average molecular weight is 491 g/mol. The molecule has 0 unspecified atom stereocenters. The summed E-state index contributed by atoms with van der Waals surface area (Å²) in [6.45, 7) is 0. The van der Waals surface area contributed by atoms with Crippen molar-refractivity contribution >= 4 is 33.3 Å². The summed E-state index contributed by atoms with van der Waals surface area (Å²) in [4.78, 5) is 4.80. The minimum atomic E-state index is -0.611.